The van der Waals surface area contributed by atoms with E-state index in [1.54, 1.807) is 18.2 Å². The van der Waals surface area contributed by atoms with E-state index >= 15 is 0 Å². The van der Waals surface area contributed by atoms with E-state index in [0.717, 1.165) is 0 Å². The second-order valence-electron chi connectivity index (χ2n) is 5.67. The number of hydrogen-bond donors (Lipinski definition) is 3. The average Bonchev–Trinajstić information content (AvgIpc) is 2.30. The molecule has 1 aromatic carbocycles. The van der Waals surface area contributed by atoms with E-state index in [-0.39, 0.29) is 12.3 Å². The fourth-order valence-electron chi connectivity index (χ4n) is 1.64. The molecule has 1 unspecified atom stereocenters. The molecular weight excluding hydrogens is 360 g/mol. The van der Waals surface area contributed by atoms with Crippen LogP contribution in [0.3, 0.4) is 0 Å². The standard InChI is InChI=1S/C14H18BrClN2O3/c1-14(2,3)18-12(19)7-11(13(20)21)17-8-4-5-10(16)9(15)6-8/h4-6,11,17H,7H2,1-3H3,(H,18,19)(H,20,21). The van der Waals surface area contributed by atoms with Crippen molar-refractivity contribution in [3.63, 3.8) is 0 Å². The molecule has 1 amide bonds. The van der Waals surface area contributed by atoms with E-state index in [0.29, 0.717) is 15.2 Å². The van der Waals surface area contributed by atoms with Gasteiger partial charge in [-0.1, -0.05) is 11.6 Å². The summed E-state index contributed by atoms with van der Waals surface area (Å²) in [5, 5.41) is 15.3. The summed E-state index contributed by atoms with van der Waals surface area (Å²) in [5.41, 5.74) is 0.172. The number of rotatable bonds is 5. The number of carbonyl (C=O) groups excluding carboxylic acids is 1. The molecule has 1 aromatic rings. The molecule has 116 valence electrons. The SMILES string of the molecule is CC(C)(C)NC(=O)CC(Nc1ccc(Cl)c(Br)c1)C(=O)O. The highest BCUT2D eigenvalue weighted by Crippen LogP contribution is 2.26. The van der Waals surface area contributed by atoms with Crippen molar-refractivity contribution in [1.29, 1.82) is 0 Å². The van der Waals surface area contributed by atoms with Gasteiger partial charge in [0.15, 0.2) is 0 Å². The zero-order chi connectivity index (χ0) is 16.2. The molecule has 1 atom stereocenters. The molecule has 7 heteroatoms. The Balaban J connectivity index is 2.76. The lowest BCUT2D eigenvalue weighted by Crippen LogP contribution is -2.44. The average molecular weight is 378 g/mol. The van der Waals surface area contributed by atoms with Gasteiger partial charge in [0.1, 0.15) is 6.04 Å². The summed E-state index contributed by atoms with van der Waals surface area (Å²) >= 11 is 9.15. The van der Waals surface area contributed by atoms with Crippen LogP contribution in [0.2, 0.25) is 5.02 Å². The van der Waals surface area contributed by atoms with Crippen LogP contribution >= 0.6 is 27.5 Å². The van der Waals surface area contributed by atoms with Crippen LogP contribution in [0.15, 0.2) is 22.7 Å². The molecule has 21 heavy (non-hydrogen) atoms. The lowest BCUT2D eigenvalue weighted by atomic mass is 10.1. The number of hydrogen-bond acceptors (Lipinski definition) is 3. The van der Waals surface area contributed by atoms with Gasteiger partial charge in [-0.3, -0.25) is 4.79 Å². The largest absolute Gasteiger partial charge is 0.480 e. The highest BCUT2D eigenvalue weighted by atomic mass is 79.9. The van der Waals surface area contributed by atoms with Gasteiger partial charge in [0, 0.05) is 15.7 Å². The number of carboxylic acid groups (broad SMARTS) is 1. The van der Waals surface area contributed by atoms with Crippen LogP contribution in [-0.2, 0) is 9.59 Å². The maximum atomic E-state index is 11.8. The molecule has 3 N–H and O–H groups in total. The summed E-state index contributed by atoms with van der Waals surface area (Å²) in [4.78, 5) is 23.1. The van der Waals surface area contributed by atoms with Gasteiger partial charge < -0.3 is 15.7 Å². The molecular formula is C14H18BrClN2O3. The Morgan fingerprint density at radius 2 is 2.00 bits per heavy atom. The van der Waals surface area contributed by atoms with Gasteiger partial charge in [-0.25, -0.2) is 4.79 Å². The fourth-order valence-corrected chi connectivity index (χ4v) is 2.14. The van der Waals surface area contributed by atoms with E-state index in [1.807, 2.05) is 20.8 Å². The molecule has 0 aliphatic rings. The summed E-state index contributed by atoms with van der Waals surface area (Å²) in [7, 11) is 0. The molecule has 0 heterocycles. The van der Waals surface area contributed by atoms with E-state index in [2.05, 4.69) is 26.6 Å². The molecule has 0 saturated carbocycles. The second kappa shape index (κ2) is 7.13. The fraction of sp³-hybridized carbons (Fsp3) is 0.429. The maximum absolute atomic E-state index is 11.8. The molecule has 0 spiro atoms. The molecule has 0 aliphatic carbocycles. The van der Waals surface area contributed by atoms with Gasteiger partial charge in [0.05, 0.1) is 11.4 Å². The summed E-state index contributed by atoms with van der Waals surface area (Å²) in [5.74, 6) is -1.42. The third kappa shape index (κ3) is 6.35. The topological polar surface area (TPSA) is 78.4 Å². The van der Waals surface area contributed by atoms with Crippen LogP contribution < -0.4 is 10.6 Å². The Morgan fingerprint density at radius 1 is 1.38 bits per heavy atom. The van der Waals surface area contributed by atoms with Crippen LogP contribution in [0.1, 0.15) is 27.2 Å². The van der Waals surface area contributed by atoms with E-state index in [9.17, 15) is 14.7 Å². The number of halogens is 2. The molecule has 5 nitrogen and oxygen atoms in total. The minimum absolute atomic E-state index is 0.160. The molecule has 0 bridgehead atoms. The van der Waals surface area contributed by atoms with Gasteiger partial charge in [-0.15, -0.1) is 0 Å². The van der Waals surface area contributed by atoms with Crippen molar-refractivity contribution >= 4 is 45.1 Å². The number of anilines is 1. The quantitative estimate of drug-likeness (QED) is 0.736. The van der Waals surface area contributed by atoms with Crippen LogP contribution in [0.5, 0.6) is 0 Å². The minimum Gasteiger partial charge on any atom is -0.480 e. The van der Waals surface area contributed by atoms with Gasteiger partial charge in [0.2, 0.25) is 5.91 Å². The van der Waals surface area contributed by atoms with Crippen LogP contribution in [-0.4, -0.2) is 28.6 Å². The second-order valence-corrected chi connectivity index (χ2v) is 6.93. The van der Waals surface area contributed by atoms with Crippen LogP contribution in [0.4, 0.5) is 5.69 Å². The summed E-state index contributed by atoms with van der Waals surface area (Å²) < 4.78 is 0.650. The van der Waals surface area contributed by atoms with Crippen molar-refractivity contribution in [3.8, 4) is 0 Å². The van der Waals surface area contributed by atoms with Crippen molar-refractivity contribution in [3.05, 3.63) is 27.7 Å². The predicted octanol–water partition coefficient (Wildman–Crippen LogP) is 3.27. The van der Waals surface area contributed by atoms with E-state index in [1.165, 1.54) is 0 Å². The number of benzene rings is 1. The third-order valence-corrected chi connectivity index (χ3v) is 3.68. The normalized spacial score (nSPS) is 12.6. The number of carbonyl (C=O) groups is 2. The van der Waals surface area contributed by atoms with Crippen molar-refractivity contribution in [2.45, 2.75) is 38.8 Å². The van der Waals surface area contributed by atoms with E-state index < -0.39 is 17.6 Å². The highest BCUT2D eigenvalue weighted by Gasteiger charge is 2.23. The maximum Gasteiger partial charge on any atom is 0.326 e. The van der Waals surface area contributed by atoms with Crippen molar-refractivity contribution in [2.24, 2.45) is 0 Å². The summed E-state index contributed by atoms with van der Waals surface area (Å²) in [6, 6.07) is 3.95. The van der Waals surface area contributed by atoms with Gasteiger partial charge >= 0.3 is 5.97 Å². The first-order chi connectivity index (χ1) is 9.58. The number of nitrogens with one attached hydrogen (secondary N) is 2. The Morgan fingerprint density at radius 3 is 2.48 bits per heavy atom. The number of amides is 1. The Kier molecular flexibility index (Phi) is 6.04. The number of carboxylic acids is 1. The smallest absolute Gasteiger partial charge is 0.326 e. The minimum atomic E-state index is -1.09. The van der Waals surface area contributed by atoms with Crippen molar-refractivity contribution in [2.75, 3.05) is 5.32 Å². The first-order valence-electron chi connectivity index (χ1n) is 6.34. The molecule has 0 radical (unpaired) electrons. The van der Waals surface area contributed by atoms with Gasteiger partial charge in [-0.2, -0.15) is 0 Å². The van der Waals surface area contributed by atoms with Gasteiger partial charge in [-0.05, 0) is 54.9 Å². The lowest BCUT2D eigenvalue weighted by Gasteiger charge is -2.22. The highest BCUT2D eigenvalue weighted by molar-refractivity contribution is 9.10. The molecule has 0 fully saturated rings. The monoisotopic (exact) mass is 376 g/mol. The molecule has 0 aliphatic heterocycles. The molecule has 0 saturated heterocycles. The molecule has 1 rings (SSSR count). The van der Waals surface area contributed by atoms with Crippen molar-refractivity contribution in [1.82, 2.24) is 5.32 Å². The Labute approximate surface area is 137 Å². The first-order valence-corrected chi connectivity index (χ1v) is 7.51. The Hall–Kier alpha value is -1.27. The Bertz CT molecular complexity index is 544. The zero-order valence-electron chi connectivity index (χ0n) is 12.0. The molecule has 0 aromatic heterocycles. The summed E-state index contributed by atoms with van der Waals surface area (Å²) in [6.45, 7) is 5.51. The van der Waals surface area contributed by atoms with E-state index in [4.69, 9.17) is 11.6 Å². The lowest BCUT2D eigenvalue weighted by molar-refractivity contribution is -0.140. The summed E-state index contributed by atoms with van der Waals surface area (Å²) in [6.07, 6.45) is -0.160. The zero-order valence-corrected chi connectivity index (χ0v) is 14.4. The van der Waals surface area contributed by atoms with Gasteiger partial charge in [0.25, 0.3) is 0 Å². The first kappa shape index (κ1) is 17.8. The number of aliphatic carboxylic acids is 1. The third-order valence-electron chi connectivity index (χ3n) is 2.46. The van der Waals surface area contributed by atoms with Crippen molar-refractivity contribution < 1.29 is 14.7 Å². The van der Waals surface area contributed by atoms with Crippen LogP contribution in [0, 0.1) is 0 Å². The predicted molar refractivity (Wildman–Crippen MR) is 86.7 cm³/mol. The van der Waals surface area contributed by atoms with Crippen LogP contribution in [0.25, 0.3) is 0 Å².